The number of nitrogens with one attached hydrogen (secondary N) is 1. The Morgan fingerprint density at radius 3 is 2.78 bits per heavy atom. The Balaban J connectivity index is 2.18. The summed E-state index contributed by atoms with van der Waals surface area (Å²) in [5.41, 5.74) is 1.73. The maximum atomic E-state index is 13.0. The first-order chi connectivity index (χ1) is 10.9. The molecule has 2 aromatic rings. The number of carbonyl (C=O) groups excluding carboxylic acids is 1. The zero-order chi connectivity index (χ0) is 17.0. The van der Waals surface area contributed by atoms with Gasteiger partial charge in [-0.2, -0.15) is 5.10 Å². The highest BCUT2D eigenvalue weighted by Crippen LogP contribution is 2.32. The van der Waals surface area contributed by atoms with Gasteiger partial charge in [0, 0.05) is 21.7 Å². The molecular formula is C14H9BrFN3O4. The lowest BCUT2D eigenvalue weighted by molar-refractivity contribution is -0.385. The predicted molar refractivity (Wildman–Crippen MR) is 83.9 cm³/mol. The number of nitrogens with zero attached hydrogens (tertiary/aromatic N) is 2. The first-order valence-corrected chi connectivity index (χ1v) is 6.93. The molecule has 0 aliphatic rings. The monoisotopic (exact) mass is 381 g/mol. The summed E-state index contributed by atoms with van der Waals surface area (Å²) >= 11 is 3.07. The van der Waals surface area contributed by atoms with E-state index in [1.807, 2.05) is 0 Å². The van der Waals surface area contributed by atoms with Crippen molar-refractivity contribution in [3.05, 3.63) is 67.9 Å². The van der Waals surface area contributed by atoms with Crippen molar-refractivity contribution in [3.63, 3.8) is 0 Å². The van der Waals surface area contributed by atoms with Crippen molar-refractivity contribution in [3.8, 4) is 5.75 Å². The lowest BCUT2D eigenvalue weighted by Crippen LogP contribution is -2.17. The maximum Gasteiger partial charge on any atom is 0.312 e. The van der Waals surface area contributed by atoms with Gasteiger partial charge in [-0.1, -0.05) is 22.0 Å². The Morgan fingerprint density at radius 2 is 2.13 bits per heavy atom. The molecule has 0 spiro atoms. The molecular weight excluding hydrogens is 373 g/mol. The summed E-state index contributed by atoms with van der Waals surface area (Å²) in [5.74, 6) is -1.81. The highest BCUT2D eigenvalue weighted by molar-refractivity contribution is 9.10. The molecule has 0 bridgehead atoms. The molecule has 0 saturated carbocycles. The highest BCUT2D eigenvalue weighted by atomic mass is 79.9. The smallest absolute Gasteiger partial charge is 0.312 e. The van der Waals surface area contributed by atoms with E-state index in [2.05, 4.69) is 26.5 Å². The molecule has 9 heteroatoms. The van der Waals surface area contributed by atoms with Crippen molar-refractivity contribution >= 4 is 33.7 Å². The summed E-state index contributed by atoms with van der Waals surface area (Å²) < 4.78 is 13.4. The molecule has 0 aromatic heterocycles. The number of hydrogen-bond acceptors (Lipinski definition) is 5. The molecule has 0 aliphatic heterocycles. The molecule has 7 nitrogen and oxygen atoms in total. The van der Waals surface area contributed by atoms with Crippen LogP contribution < -0.4 is 5.43 Å². The van der Waals surface area contributed by atoms with Crippen LogP contribution in [0.1, 0.15) is 15.9 Å². The zero-order valence-corrected chi connectivity index (χ0v) is 12.9. The third-order valence-electron chi connectivity index (χ3n) is 2.74. The van der Waals surface area contributed by atoms with Crippen LogP contribution in [0.3, 0.4) is 0 Å². The lowest BCUT2D eigenvalue weighted by Gasteiger charge is -2.02. The standard InChI is InChI=1S/C14H9BrFN3O4/c15-10-4-9(13(20)12(6-10)19(22)23)7-17-18-14(21)8-2-1-3-11(16)5-8/h1-7,20H,(H,18,21)/b17-7-. The van der Waals surface area contributed by atoms with Gasteiger partial charge in [0.2, 0.25) is 5.75 Å². The minimum atomic E-state index is -0.747. The minimum Gasteiger partial charge on any atom is -0.502 e. The summed E-state index contributed by atoms with van der Waals surface area (Å²) in [6.45, 7) is 0. The van der Waals surface area contributed by atoms with Crippen LogP contribution in [0.2, 0.25) is 0 Å². The molecule has 118 valence electrons. The van der Waals surface area contributed by atoms with Gasteiger partial charge >= 0.3 is 5.69 Å². The zero-order valence-electron chi connectivity index (χ0n) is 11.4. The highest BCUT2D eigenvalue weighted by Gasteiger charge is 2.17. The summed E-state index contributed by atoms with van der Waals surface area (Å²) in [7, 11) is 0. The Morgan fingerprint density at radius 1 is 1.39 bits per heavy atom. The molecule has 2 rings (SSSR count). The third-order valence-corrected chi connectivity index (χ3v) is 3.20. The Bertz CT molecular complexity index is 811. The SMILES string of the molecule is O=C(N/N=C\c1cc(Br)cc([N+](=O)[O-])c1O)c1cccc(F)c1. The average molecular weight is 382 g/mol. The molecule has 0 aliphatic carbocycles. The lowest BCUT2D eigenvalue weighted by atomic mass is 10.2. The van der Waals surface area contributed by atoms with E-state index in [1.54, 1.807) is 0 Å². The number of phenols is 1. The van der Waals surface area contributed by atoms with Crippen molar-refractivity contribution < 1.29 is 19.2 Å². The Hall–Kier alpha value is -2.81. The average Bonchev–Trinajstić information content (AvgIpc) is 2.49. The maximum absolute atomic E-state index is 13.0. The number of amides is 1. The summed E-state index contributed by atoms with van der Waals surface area (Å²) in [6.07, 6.45) is 1.05. The van der Waals surface area contributed by atoms with Gasteiger partial charge in [0.05, 0.1) is 11.1 Å². The minimum absolute atomic E-state index is 0.0330. The number of hydrazone groups is 1. The quantitative estimate of drug-likeness (QED) is 0.482. The van der Waals surface area contributed by atoms with E-state index in [0.29, 0.717) is 4.47 Å². The number of nitro groups is 1. The summed E-state index contributed by atoms with van der Waals surface area (Å²) in [5, 5.41) is 24.2. The molecule has 0 saturated heterocycles. The van der Waals surface area contributed by atoms with E-state index in [-0.39, 0.29) is 11.1 Å². The van der Waals surface area contributed by atoms with E-state index >= 15 is 0 Å². The number of carbonyl (C=O) groups is 1. The summed E-state index contributed by atoms with van der Waals surface area (Å²) in [6, 6.07) is 7.52. The molecule has 0 radical (unpaired) electrons. The summed E-state index contributed by atoms with van der Waals surface area (Å²) in [4.78, 5) is 21.8. The van der Waals surface area contributed by atoms with Gasteiger partial charge in [-0.25, -0.2) is 9.82 Å². The first-order valence-electron chi connectivity index (χ1n) is 6.14. The second-order valence-corrected chi connectivity index (χ2v) is 5.25. The fraction of sp³-hybridized carbons (Fsp3) is 0. The fourth-order valence-corrected chi connectivity index (χ4v) is 2.16. The molecule has 2 N–H and O–H groups in total. The largest absolute Gasteiger partial charge is 0.502 e. The number of aromatic hydroxyl groups is 1. The number of nitro benzene ring substituents is 1. The van der Waals surface area contributed by atoms with Crippen LogP contribution in [0.4, 0.5) is 10.1 Å². The van der Waals surface area contributed by atoms with Gasteiger partial charge in [-0.05, 0) is 24.3 Å². The Labute approximate surface area is 137 Å². The molecule has 0 unspecified atom stereocenters. The molecule has 0 atom stereocenters. The van der Waals surface area contributed by atoms with Crippen molar-refractivity contribution in [1.82, 2.24) is 5.43 Å². The van der Waals surface area contributed by atoms with Crippen LogP contribution in [0, 0.1) is 15.9 Å². The number of hydrogen-bond donors (Lipinski definition) is 2. The second-order valence-electron chi connectivity index (χ2n) is 4.33. The van der Waals surface area contributed by atoms with E-state index in [1.165, 1.54) is 24.3 Å². The van der Waals surface area contributed by atoms with Crippen molar-refractivity contribution in [2.24, 2.45) is 5.10 Å². The van der Waals surface area contributed by atoms with Crippen LogP contribution in [0.5, 0.6) is 5.75 Å². The van der Waals surface area contributed by atoms with Crippen molar-refractivity contribution in [2.45, 2.75) is 0 Å². The van der Waals surface area contributed by atoms with Gasteiger partial charge in [-0.3, -0.25) is 14.9 Å². The Kier molecular flexibility index (Phi) is 5.02. The predicted octanol–water partition coefficient (Wildman–Crippen LogP) is 2.97. The third kappa shape index (κ3) is 4.10. The first kappa shape index (κ1) is 16.6. The van der Waals surface area contributed by atoms with Gasteiger partial charge in [0.15, 0.2) is 0 Å². The van der Waals surface area contributed by atoms with Crippen molar-refractivity contribution in [1.29, 1.82) is 0 Å². The van der Waals surface area contributed by atoms with Crippen LogP contribution in [-0.2, 0) is 0 Å². The topological polar surface area (TPSA) is 105 Å². The van der Waals surface area contributed by atoms with Crippen LogP contribution in [0.15, 0.2) is 46.0 Å². The van der Waals surface area contributed by atoms with Crippen molar-refractivity contribution in [2.75, 3.05) is 0 Å². The number of phenolic OH excluding ortho intramolecular Hbond substituents is 1. The molecule has 23 heavy (non-hydrogen) atoms. The second kappa shape index (κ2) is 6.97. The van der Waals surface area contributed by atoms with E-state index in [0.717, 1.165) is 18.3 Å². The van der Waals surface area contributed by atoms with Crippen LogP contribution >= 0.6 is 15.9 Å². The molecule has 0 fully saturated rings. The van der Waals surface area contributed by atoms with Crippen LogP contribution in [0.25, 0.3) is 0 Å². The van der Waals surface area contributed by atoms with Crippen LogP contribution in [-0.4, -0.2) is 22.2 Å². The van der Waals surface area contributed by atoms with E-state index < -0.39 is 28.1 Å². The molecule has 2 aromatic carbocycles. The number of halogens is 2. The van der Waals surface area contributed by atoms with E-state index in [4.69, 9.17) is 0 Å². The van der Waals surface area contributed by atoms with Gasteiger partial charge in [-0.15, -0.1) is 0 Å². The van der Waals surface area contributed by atoms with Gasteiger partial charge < -0.3 is 5.11 Å². The fourth-order valence-electron chi connectivity index (χ4n) is 1.70. The number of rotatable bonds is 4. The normalized spacial score (nSPS) is 10.7. The molecule has 0 heterocycles. The van der Waals surface area contributed by atoms with Gasteiger partial charge in [0.25, 0.3) is 5.91 Å². The number of benzene rings is 2. The van der Waals surface area contributed by atoms with Gasteiger partial charge in [0.1, 0.15) is 5.82 Å². The van der Waals surface area contributed by atoms with E-state index in [9.17, 15) is 24.4 Å². The molecule has 1 amide bonds.